The highest BCUT2D eigenvalue weighted by Gasteiger charge is 2.43. The molecular weight excluding hydrogens is 268 g/mol. The molecular formula is C13H18O5S. The van der Waals surface area contributed by atoms with Crippen molar-refractivity contribution in [3.8, 4) is 0 Å². The maximum absolute atomic E-state index is 12.4. The predicted octanol–water partition coefficient (Wildman–Crippen LogP) is 0.947. The van der Waals surface area contributed by atoms with E-state index in [-0.39, 0.29) is 11.5 Å². The maximum Gasteiger partial charge on any atom is 0.327 e. The van der Waals surface area contributed by atoms with Crippen molar-refractivity contribution < 1.29 is 23.1 Å². The second-order valence-electron chi connectivity index (χ2n) is 4.62. The Morgan fingerprint density at radius 3 is 2.21 bits per heavy atom. The van der Waals surface area contributed by atoms with Crippen LogP contribution >= 0.6 is 0 Å². The fraction of sp³-hybridized carbons (Fsp3) is 0.462. The van der Waals surface area contributed by atoms with Gasteiger partial charge in [0.05, 0.1) is 12.0 Å². The number of sulfone groups is 1. The van der Waals surface area contributed by atoms with Crippen molar-refractivity contribution in [3.05, 3.63) is 29.8 Å². The molecule has 0 saturated carbocycles. The van der Waals surface area contributed by atoms with Gasteiger partial charge in [-0.15, -0.1) is 0 Å². The monoisotopic (exact) mass is 286 g/mol. The SMILES string of the molecule is COC(=O)C(C)(C)S(=O)(=O)c1ccc(CCO)cc1. The van der Waals surface area contributed by atoms with Crippen LogP contribution < -0.4 is 0 Å². The number of carbonyl (C=O) groups is 1. The van der Waals surface area contributed by atoms with Crippen molar-refractivity contribution in [1.82, 2.24) is 0 Å². The molecule has 0 bridgehead atoms. The molecule has 19 heavy (non-hydrogen) atoms. The van der Waals surface area contributed by atoms with E-state index in [1.165, 1.54) is 26.0 Å². The number of hydrogen-bond acceptors (Lipinski definition) is 5. The van der Waals surface area contributed by atoms with E-state index in [4.69, 9.17) is 5.11 Å². The molecule has 0 unspecified atom stereocenters. The predicted molar refractivity (Wildman–Crippen MR) is 70.5 cm³/mol. The standard InChI is InChI=1S/C13H18O5S/c1-13(2,12(15)18-3)19(16,17)11-6-4-10(5-7-11)8-9-14/h4-7,14H,8-9H2,1-3H3. The van der Waals surface area contributed by atoms with Gasteiger partial charge in [0.25, 0.3) is 0 Å². The lowest BCUT2D eigenvalue weighted by molar-refractivity contribution is -0.142. The van der Waals surface area contributed by atoms with Crippen LogP contribution in [0.3, 0.4) is 0 Å². The summed E-state index contributed by atoms with van der Waals surface area (Å²) in [7, 11) is -2.66. The highest BCUT2D eigenvalue weighted by atomic mass is 32.2. The van der Waals surface area contributed by atoms with Crippen LogP contribution in [0.25, 0.3) is 0 Å². The number of benzene rings is 1. The maximum atomic E-state index is 12.4. The van der Waals surface area contributed by atoms with E-state index in [9.17, 15) is 13.2 Å². The minimum Gasteiger partial charge on any atom is -0.468 e. The van der Waals surface area contributed by atoms with Crippen LogP contribution in [-0.2, 0) is 25.8 Å². The fourth-order valence-corrected chi connectivity index (χ4v) is 3.00. The molecule has 0 atom stereocenters. The van der Waals surface area contributed by atoms with Crippen LogP contribution in [-0.4, -0.2) is 38.0 Å². The van der Waals surface area contributed by atoms with Gasteiger partial charge < -0.3 is 9.84 Å². The van der Waals surface area contributed by atoms with Crippen molar-refractivity contribution in [2.45, 2.75) is 29.9 Å². The first-order valence-electron chi connectivity index (χ1n) is 5.80. The summed E-state index contributed by atoms with van der Waals surface area (Å²) in [5.74, 6) is -0.799. The van der Waals surface area contributed by atoms with E-state index in [1.54, 1.807) is 12.1 Å². The molecule has 0 aliphatic rings. The molecule has 0 aliphatic heterocycles. The molecule has 1 N–H and O–H groups in total. The number of rotatable bonds is 5. The molecule has 0 amide bonds. The summed E-state index contributed by atoms with van der Waals surface area (Å²) in [6.07, 6.45) is 0.459. The minimum absolute atomic E-state index is 0.000248. The third kappa shape index (κ3) is 2.96. The summed E-state index contributed by atoms with van der Waals surface area (Å²) < 4.78 is 27.6. The molecule has 1 aromatic carbocycles. The number of hydrogen-bond donors (Lipinski definition) is 1. The zero-order valence-electron chi connectivity index (χ0n) is 11.2. The van der Waals surface area contributed by atoms with Crippen molar-refractivity contribution in [2.24, 2.45) is 0 Å². The molecule has 0 saturated heterocycles. The Morgan fingerprint density at radius 2 is 1.79 bits per heavy atom. The van der Waals surface area contributed by atoms with Crippen LogP contribution in [0.5, 0.6) is 0 Å². The first-order chi connectivity index (χ1) is 8.77. The summed E-state index contributed by atoms with van der Waals surface area (Å²) in [5, 5.41) is 8.80. The largest absolute Gasteiger partial charge is 0.468 e. The molecule has 0 heterocycles. The molecule has 5 nitrogen and oxygen atoms in total. The highest BCUT2D eigenvalue weighted by Crippen LogP contribution is 2.26. The van der Waals surface area contributed by atoms with Crippen LogP contribution in [0.4, 0.5) is 0 Å². The summed E-state index contributed by atoms with van der Waals surface area (Å²) in [4.78, 5) is 11.6. The summed E-state index contributed by atoms with van der Waals surface area (Å²) in [5.41, 5.74) is 0.831. The number of ether oxygens (including phenoxy) is 1. The lowest BCUT2D eigenvalue weighted by atomic mass is 10.2. The van der Waals surface area contributed by atoms with Gasteiger partial charge >= 0.3 is 5.97 Å². The van der Waals surface area contributed by atoms with E-state index >= 15 is 0 Å². The Labute approximate surface area is 113 Å². The number of methoxy groups -OCH3 is 1. The van der Waals surface area contributed by atoms with Crippen molar-refractivity contribution in [1.29, 1.82) is 0 Å². The molecule has 106 valence electrons. The molecule has 0 aromatic heterocycles. The van der Waals surface area contributed by atoms with E-state index in [1.807, 2.05) is 0 Å². The summed E-state index contributed by atoms with van der Waals surface area (Å²) in [6.45, 7) is 2.63. The second kappa shape index (κ2) is 5.71. The van der Waals surface area contributed by atoms with E-state index in [2.05, 4.69) is 4.74 Å². The second-order valence-corrected chi connectivity index (χ2v) is 7.12. The fourth-order valence-electron chi connectivity index (χ4n) is 1.61. The first-order valence-corrected chi connectivity index (χ1v) is 7.28. The Morgan fingerprint density at radius 1 is 1.26 bits per heavy atom. The van der Waals surface area contributed by atoms with E-state index < -0.39 is 20.6 Å². The van der Waals surface area contributed by atoms with Crippen LogP contribution in [0.1, 0.15) is 19.4 Å². The topological polar surface area (TPSA) is 80.7 Å². The summed E-state index contributed by atoms with van der Waals surface area (Å²) >= 11 is 0. The molecule has 0 aliphatic carbocycles. The third-order valence-corrected chi connectivity index (χ3v) is 5.39. The van der Waals surface area contributed by atoms with Gasteiger partial charge in [-0.2, -0.15) is 0 Å². The number of aliphatic hydroxyl groups excluding tert-OH is 1. The van der Waals surface area contributed by atoms with Gasteiger partial charge in [0.1, 0.15) is 0 Å². The molecule has 1 rings (SSSR count). The Kier molecular flexibility index (Phi) is 4.70. The lowest BCUT2D eigenvalue weighted by Gasteiger charge is -2.21. The smallest absolute Gasteiger partial charge is 0.327 e. The zero-order chi connectivity index (χ0) is 14.7. The molecule has 0 fully saturated rings. The highest BCUT2D eigenvalue weighted by molar-refractivity contribution is 7.93. The zero-order valence-corrected chi connectivity index (χ0v) is 12.0. The molecule has 6 heteroatoms. The molecule has 0 spiro atoms. The van der Waals surface area contributed by atoms with Gasteiger partial charge in [-0.3, -0.25) is 4.79 Å². The summed E-state index contributed by atoms with van der Waals surface area (Å²) in [6, 6.07) is 6.11. The van der Waals surface area contributed by atoms with Crippen molar-refractivity contribution in [2.75, 3.05) is 13.7 Å². The third-order valence-electron chi connectivity index (χ3n) is 2.98. The van der Waals surface area contributed by atoms with Gasteiger partial charge in [0.15, 0.2) is 14.6 Å². The normalized spacial score (nSPS) is 12.2. The van der Waals surface area contributed by atoms with E-state index in [0.29, 0.717) is 6.42 Å². The Bertz CT molecular complexity index is 543. The minimum atomic E-state index is -3.82. The van der Waals surface area contributed by atoms with Gasteiger partial charge in [0.2, 0.25) is 0 Å². The number of carbonyl (C=O) groups excluding carboxylic acids is 1. The first kappa shape index (κ1) is 15.7. The number of aliphatic hydroxyl groups is 1. The molecule has 1 aromatic rings. The average molecular weight is 286 g/mol. The van der Waals surface area contributed by atoms with Crippen molar-refractivity contribution >= 4 is 15.8 Å². The number of esters is 1. The lowest BCUT2D eigenvalue weighted by Crippen LogP contribution is -2.41. The Hall–Kier alpha value is -1.40. The quantitative estimate of drug-likeness (QED) is 0.815. The van der Waals surface area contributed by atoms with Crippen LogP contribution in [0.2, 0.25) is 0 Å². The van der Waals surface area contributed by atoms with Gasteiger partial charge in [0, 0.05) is 6.61 Å². The average Bonchev–Trinajstić information content (AvgIpc) is 2.38. The van der Waals surface area contributed by atoms with Crippen LogP contribution in [0, 0.1) is 0 Å². The van der Waals surface area contributed by atoms with Gasteiger partial charge in [-0.05, 0) is 38.0 Å². The van der Waals surface area contributed by atoms with Crippen molar-refractivity contribution in [3.63, 3.8) is 0 Å². The van der Waals surface area contributed by atoms with Crippen LogP contribution in [0.15, 0.2) is 29.2 Å². The van der Waals surface area contributed by atoms with Gasteiger partial charge in [-0.25, -0.2) is 8.42 Å². The van der Waals surface area contributed by atoms with Gasteiger partial charge in [-0.1, -0.05) is 12.1 Å². The van der Waals surface area contributed by atoms with E-state index in [0.717, 1.165) is 12.7 Å². The Balaban J connectivity index is 3.17. The molecule has 0 radical (unpaired) electrons.